The predicted molar refractivity (Wildman–Crippen MR) is 51.4 cm³/mol. The van der Waals surface area contributed by atoms with E-state index in [1.807, 2.05) is 0 Å². The molecule has 1 aromatic carbocycles. The highest BCUT2D eigenvalue weighted by Crippen LogP contribution is 2.26. The standard InChI is InChI=1S/C9H7ClFN3/c1-14-5-12-13-9(14)7-3-2-6(11)4-8(7)10/h2-5H,1H3. The van der Waals surface area contributed by atoms with Crippen LogP contribution in [0.4, 0.5) is 4.39 Å². The number of halogens is 2. The zero-order valence-electron chi connectivity index (χ0n) is 7.41. The normalized spacial score (nSPS) is 10.5. The maximum Gasteiger partial charge on any atom is 0.164 e. The van der Waals surface area contributed by atoms with Gasteiger partial charge >= 0.3 is 0 Å². The molecule has 0 aliphatic rings. The first-order valence-corrected chi connectivity index (χ1v) is 4.35. The molecule has 0 bridgehead atoms. The molecule has 3 nitrogen and oxygen atoms in total. The maximum absolute atomic E-state index is 12.8. The van der Waals surface area contributed by atoms with E-state index in [4.69, 9.17) is 11.6 Å². The van der Waals surface area contributed by atoms with Gasteiger partial charge in [0, 0.05) is 12.6 Å². The third-order valence-corrected chi connectivity index (χ3v) is 2.20. The van der Waals surface area contributed by atoms with E-state index >= 15 is 0 Å². The van der Waals surface area contributed by atoms with Crippen molar-refractivity contribution in [3.63, 3.8) is 0 Å². The number of nitrogens with zero attached hydrogens (tertiary/aromatic N) is 3. The van der Waals surface area contributed by atoms with Crippen molar-refractivity contribution >= 4 is 11.6 Å². The SMILES string of the molecule is Cn1cnnc1-c1ccc(F)cc1Cl. The lowest BCUT2D eigenvalue weighted by atomic mass is 10.2. The van der Waals surface area contributed by atoms with E-state index in [9.17, 15) is 4.39 Å². The minimum atomic E-state index is -0.360. The summed E-state index contributed by atoms with van der Waals surface area (Å²) in [5, 5.41) is 7.94. The van der Waals surface area contributed by atoms with Crippen molar-refractivity contribution in [2.45, 2.75) is 0 Å². The minimum absolute atomic E-state index is 0.334. The Kier molecular flexibility index (Phi) is 2.21. The Morgan fingerprint density at radius 1 is 1.43 bits per heavy atom. The molecule has 0 aliphatic carbocycles. The molecule has 5 heteroatoms. The van der Waals surface area contributed by atoms with Gasteiger partial charge in [0.15, 0.2) is 5.82 Å². The maximum atomic E-state index is 12.8. The van der Waals surface area contributed by atoms with Gasteiger partial charge in [0.25, 0.3) is 0 Å². The van der Waals surface area contributed by atoms with Crippen LogP contribution in [0.2, 0.25) is 5.02 Å². The molecule has 14 heavy (non-hydrogen) atoms. The first kappa shape index (κ1) is 9.15. The van der Waals surface area contributed by atoms with E-state index in [0.29, 0.717) is 16.4 Å². The first-order valence-electron chi connectivity index (χ1n) is 3.98. The summed E-state index contributed by atoms with van der Waals surface area (Å²) in [6.45, 7) is 0. The molecule has 0 saturated heterocycles. The summed E-state index contributed by atoms with van der Waals surface area (Å²) in [5.41, 5.74) is 0.674. The monoisotopic (exact) mass is 211 g/mol. The molecule has 0 fully saturated rings. The number of hydrogen-bond acceptors (Lipinski definition) is 2. The molecule has 0 radical (unpaired) electrons. The fourth-order valence-electron chi connectivity index (χ4n) is 1.20. The molecule has 1 heterocycles. The fraction of sp³-hybridized carbons (Fsp3) is 0.111. The van der Waals surface area contributed by atoms with Crippen molar-refractivity contribution in [1.29, 1.82) is 0 Å². The van der Waals surface area contributed by atoms with Gasteiger partial charge in [-0.3, -0.25) is 0 Å². The molecule has 0 unspecified atom stereocenters. The summed E-state index contributed by atoms with van der Waals surface area (Å²) in [6.07, 6.45) is 1.56. The van der Waals surface area contributed by atoms with Crippen LogP contribution in [0.15, 0.2) is 24.5 Å². The van der Waals surface area contributed by atoms with Gasteiger partial charge in [0.1, 0.15) is 12.1 Å². The van der Waals surface area contributed by atoms with Crippen LogP contribution in [-0.4, -0.2) is 14.8 Å². The van der Waals surface area contributed by atoms with Gasteiger partial charge in [0.05, 0.1) is 5.02 Å². The Morgan fingerprint density at radius 2 is 2.21 bits per heavy atom. The van der Waals surface area contributed by atoms with Crippen LogP contribution in [0.5, 0.6) is 0 Å². The second-order valence-electron chi connectivity index (χ2n) is 2.89. The van der Waals surface area contributed by atoms with Crippen molar-refractivity contribution < 1.29 is 4.39 Å². The summed E-state index contributed by atoms with van der Waals surface area (Å²) < 4.78 is 14.5. The quantitative estimate of drug-likeness (QED) is 0.725. The second-order valence-corrected chi connectivity index (χ2v) is 3.30. The predicted octanol–water partition coefficient (Wildman–Crippen LogP) is 2.27. The van der Waals surface area contributed by atoms with Crippen molar-refractivity contribution in [2.24, 2.45) is 7.05 Å². The Bertz CT molecular complexity index is 467. The number of aromatic nitrogens is 3. The lowest BCUT2D eigenvalue weighted by molar-refractivity contribution is 0.628. The van der Waals surface area contributed by atoms with Gasteiger partial charge in [-0.2, -0.15) is 0 Å². The number of hydrogen-bond donors (Lipinski definition) is 0. The van der Waals surface area contributed by atoms with E-state index < -0.39 is 0 Å². The van der Waals surface area contributed by atoms with E-state index in [1.165, 1.54) is 12.1 Å². The molecule has 0 aliphatic heterocycles. The van der Waals surface area contributed by atoms with Gasteiger partial charge in [-0.15, -0.1) is 10.2 Å². The van der Waals surface area contributed by atoms with Crippen LogP contribution in [0.3, 0.4) is 0 Å². The summed E-state index contributed by atoms with van der Waals surface area (Å²) in [6, 6.07) is 4.18. The summed E-state index contributed by atoms with van der Waals surface area (Å²) >= 11 is 5.87. The lowest BCUT2D eigenvalue weighted by Gasteiger charge is -2.02. The molecule has 2 rings (SSSR count). The Labute approximate surface area is 85.1 Å². The zero-order valence-corrected chi connectivity index (χ0v) is 8.16. The van der Waals surface area contributed by atoms with Crippen molar-refractivity contribution in [3.8, 4) is 11.4 Å². The smallest absolute Gasteiger partial charge is 0.164 e. The summed E-state index contributed by atoms with van der Waals surface area (Å²) in [4.78, 5) is 0. The Balaban J connectivity index is 2.58. The zero-order chi connectivity index (χ0) is 10.1. The van der Waals surface area contributed by atoms with Crippen LogP contribution in [0, 0.1) is 5.82 Å². The fourth-order valence-corrected chi connectivity index (χ4v) is 1.45. The second kappa shape index (κ2) is 3.38. The Morgan fingerprint density at radius 3 is 2.79 bits per heavy atom. The number of benzene rings is 1. The topological polar surface area (TPSA) is 30.7 Å². The average molecular weight is 212 g/mol. The molecule has 2 aromatic rings. The molecule has 0 atom stereocenters. The third-order valence-electron chi connectivity index (χ3n) is 1.88. The third kappa shape index (κ3) is 1.48. The van der Waals surface area contributed by atoms with Gasteiger partial charge in [-0.1, -0.05) is 11.6 Å². The number of aryl methyl sites for hydroxylation is 1. The summed E-state index contributed by atoms with van der Waals surface area (Å²) in [5.74, 6) is 0.260. The van der Waals surface area contributed by atoms with Crippen molar-refractivity contribution in [3.05, 3.63) is 35.4 Å². The Hall–Kier alpha value is -1.42. The van der Waals surface area contributed by atoms with Crippen LogP contribution >= 0.6 is 11.6 Å². The molecule has 0 saturated carbocycles. The van der Waals surface area contributed by atoms with Crippen LogP contribution in [0.1, 0.15) is 0 Å². The highest BCUT2D eigenvalue weighted by Gasteiger charge is 2.09. The highest BCUT2D eigenvalue weighted by molar-refractivity contribution is 6.33. The average Bonchev–Trinajstić information content (AvgIpc) is 2.52. The molecular formula is C9H7ClFN3. The van der Waals surface area contributed by atoms with Crippen LogP contribution < -0.4 is 0 Å². The van der Waals surface area contributed by atoms with Gasteiger partial charge in [0.2, 0.25) is 0 Å². The lowest BCUT2D eigenvalue weighted by Crippen LogP contribution is -1.92. The molecule has 72 valence electrons. The largest absolute Gasteiger partial charge is 0.317 e. The van der Waals surface area contributed by atoms with Gasteiger partial charge in [-0.25, -0.2) is 4.39 Å². The minimum Gasteiger partial charge on any atom is -0.317 e. The van der Waals surface area contributed by atoms with Crippen LogP contribution in [0.25, 0.3) is 11.4 Å². The molecule has 0 spiro atoms. The molecule has 1 aromatic heterocycles. The molecular weight excluding hydrogens is 205 g/mol. The van der Waals surface area contributed by atoms with Crippen LogP contribution in [-0.2, 0) is 7.05 Å². The first-order chi connectivity index (χ1) is 6.68. The van der Waals surface area contributed by atoms with E-state index in [1.54, 1.807) is 24.0 Å². The number of rotatable bonds is 1. The van der Waals surface area contributed by atoms with Gasteiger partial charge < -0.3 is 4.57 Å². The van der Waals surface area contributed by atoms with E-state index in [2.05, 4.69) is 10.2 Å². The summed E-state index contributed by atoms with van der Waals surface area (Å²) in [7, 11) is 1.80. The molecule has 0 N–H and O–H groups in total. The highest BCUT2D eigenvalue weighted by atomic mass is 35.5. The molecule has 0 amide bonds. The van der Waals surface area contributed by atoms with Crippen molar-refractivity contribution in [2.75, 3.05) is 0 Å². The van der Waals surface area contributed by atoms with E-state index in [0.717, 1.165) is 0 Å². The van der Waals surface area contributed by atoms with E-state index in [-0.39, 0.29) is 5.82 Å². The van der Waals surface area contributed by atoms with Gasteiger partial charge in [-0.05, 0) is 18.2 Å². The van der Waals surface area contributed by atoms with Crippen molar-refractivity contribution in [1.82, 2.24) is 14.8 Å².